The van der Waals surface area contributed by atoms with Crippen LogP contribution in [0.3, 0.4) is 0 Å². The van der Waals surface area contributed by atoms with Gasteiger partial charge in [-0.3, -0.25) is 4.79 Å². The van der Waals surface area contributed by atoms with Crippen molar-refractivity contribution in [3.8, 4) is 17.1 Å². The Morgan fingerprint density at radius 2 is 1.69 bits per heavy atom. The highest BCUT2D eigenvalue weighted by Gasteiger charge is 2.33. The van der Waals surface area contributed by atoms with E-state index in [0.717, 1.165) is 41.7 Å². The number of benzene rings is 1. The van der Waals surface area contributed by atoms with E-state index in [1.54, 1.807) is 10.9 Å². The van der Waals surface area contributed by atoms with Gasteiger partial charge in [0.25, 0.3) is 0 Å². The summed E-state index contributed by atoms with van der Waals surface area (Å²) in [4.78, 5) is 25.7. The van der Waals surface area contributed by atoms with Gasteiger partial charge < -0.3 is 15.1 Å². The van der Waals surface area contributed by atoms with Crippen LogP contribution < -0.4 is 15.1 Å². The summed E-state index contributed by atoms with van der Waals surface area (Å²) in [5.41, 5.74) is 2.55. The third-order valence-corrected chi connectivity index (χ3v) is 6.48. The zero-order valence-electron chi connectivity index (χ0n) is 19.2. The number of hydrogen-bond donors (Lipinski definition) is 1. The molecule has 2 fully saturated rings. The zero-order valence-corrected chi connectivity index (χ0v) is 19.2. The van der Waals surface area contributed by atoms with Crippen molar-refractivity contribution in [2.45, 2.75) is 12.8 Å². The number of aromatic nitrogens is 6. The Labute approximate surface area is 202 Å². The Hall–Kier alpha value is -4.34. The number of carbonyl (C=O) groups is 1. The summed E-state index contributed by atoms with van der Waals surface area (Å²) in [7, 11) is 0. The van der Waals surface area contributed by atoms with Crippen LogP contribution in [0.1, 0.15) is 12.8 Å². The predicted octanol–water partition coefficient (Wildman–Crippen LogP) is 2.79. The number of carbonyl (C=O) groups excluding carboxylic acids is 1. The Bertz CT molecular complexity index is 1290. The SMILES string of the molecule is O=C(Nc1ccc(-c2ccc(N3CCCC3)nn2)cc1)C1CN(c2cc(-n3cccn3)ncn2)C1. The average molecular weight is 468 g/mol. The molecule has 0 unspecified atom stereocenters. The molecule has 0 atom stereocenters. The van der Waals surface area contributed by atoms with Crippen LogP contribution in [0.25, 0.3) is 17.1 Å². The Kier molecular flexibility index (Phi) is 5.53. The molecular weight excluding hydrogens is 442 g/mol. The molecule has 6 rings (SSSR count). The van der Waals surface area contributed by atoms with E-state index in [4.69, 9.17) is 0 Å². The zero-order chi connectivity index (χ0) is 23.6. The molecule has 1 aromatic carbocycles. The first kappa shape index (κ1) is 21.2. The van der Waals surface area contributed by atoms with Crippen LogP contribution in [-0.2, 0) is 4.79 Å². The van der Waals surface area contributed by atoms with E-state index in [-0.39, 0.29) is 11.8 Å². The largest absolute Gasteiger partial charge is 0.355 e. The van der Waals surface area contributed by atoms with Crippen molar-refractivity contribution >= 4 is 23.2 Å². The number of nitrogens with zero attached hydrogens (tertiary/aromatic N) is 8. The van der Waals surface area contributed by atoms with Crippen molar-refractivity contribution in [1.82, 2.24) is 29.9 Å². The summed E-state index contributed by atoms with van der Waals surface area (Å²) < 4.78 is 1.69. The number of amides is 1. The van der Waals surface area contributed by atoms with Crippen molar-refractivity contribution in [3.63, 3.8) is 0 Å². The first-order valence-corrected chi connectivity index (χ1v) is 11.8. The molecule has 10 nitrogen and oxygen atoms in total. The van der Waals surface area contributed by atoms with Gasteiger partial charge in [0.1, 0.15) is 12.1 Å². The molecule has 1 N–H and O–H groups in total. The lowest BCUT2D eigenvalue weighted by molar-refractivity contribution is -0.120. The highest BCUT2D eigenvalue weighted by molar-refractivity contribution is 5.94. The Morgan fingerprint density at radius 3 is 2.40 bits per heavy atom. The van der Waals surface area contributed by atoms with Gasteiger partial charge in [-0.05, 0) is 43.2 Å². The standard InChI is InChI=1S/C25H25N9O/c35-25(19-15-33(16-19)23-14-24(27-17-26-23)34-13-3-10-28-34)29-20-6-4-18(5-7-20)21-8-9-22(31-30-21)32-11-1-2-12-32/h3-10,13-14,17,19H,1-2,11-12,15-16H2,(H,29,35). The summed E-state index contributed by atoms with van der Waals surface area (Å²) in [5.74, 6) is 2.33. The molecule has 0 spiro atoms. The lowest BCUT2D eigenvalue weighted by Crippen LogP contribution is -2.52. The fourth-order valence-electron chi connectivity index (χ4n) is 4.43. The molecule has 4 aromatic rings. The lowest BCUT2D eigenvalue weighted by Gasteiger charge is -2.39. The van der Waals surface area contributed by atoms with E-state index >= 15 is 0 Å². The fraction of sp³-hybridized carbons (Fsp3) is 0.280. The smallest absolute Gasteiger partial charge is 0.231 e. The lowest BCUT2D eigenvalue weighted by atomic mass is 9.99. The molecule has 176 valence electrons. The molecule has 0 aliphatic carbocycles. The molecule has 0 radical (unpaired) electrons. The van der Waals surface area contributed by atoms with Gasteiger partial charge in [0.2, 0.25) is 5.91 Å². The minimum Gasteiger partial charge on any atom is -0.355 e. The summed E-state index contributed by atoms with van der Waals surface area (Å²) in [6, 6.07) is 15.5. The quantitative estimate of drug-likeness (QED) is 0.462. The highest BCUT2D eigenvalue weighted by atomic mass is 16.2. The van der Waals surface area contributed by atoms with Gasteiger partial charge in [-0.25, -0.2) is 14.6 Å². The van der Waals surface area contributed by atoms with Crippen molar-refractivity contribution in [3.05, 3.63) is 67.3 Å². The van der Waals surface area contributed by atoms with Gasteiger partial charge >= 0.3 is 0 Å². The average Bonchev–Trinajstić information content (AvgIpc) is 3.59. The molecule has 0 saturated carbocycles. The van der Waals surface area contributed by atoms with E-state index in [9.17, 15) is 4.79 Å². The normalized spacial score (nSPS) is 15.8. The molecule has 0 bridgehead atoms. The van der Waals surface area contributed by atoms with Crippen LogP contribution in [0.4, 0.5) is 17.3 Å². The fourth-order valence-corrected chi connectivity index (χ4v) is 4.43. The molecule has 5 heterocycles. The van der Waals surface area contributed by atoms with Crippen LogP contribution in [0.5, 0.6) is 0 Å². The van der Waals surface area contributed by atoms with Crippen LogP contribution in [0, 0.1) is 5.92 Å². The van der Waals surface area contributed by atoms with Gasteiger partial charge in [0, 0.05) is 55.9 Å². The van der Waals surface area contributed by atoms with E-state index in [0.29, 0.717) is 18.9 Å². The predicted molar refractivity (Wildman–Crippen MR) is 132 cm³/mol. The van der Waals surface area contributed by atoms with Gasteiger partial charge in [-0.2, -0.15) is 5.10 Å². The molecular formula is C25H25N9O. The number of nitrogens with one attached hydrogen (secondary N) is 1. The van der Waals surface area contributed by atoms with Crippen LogP contribution >= 0.6 is 0 Å². The molecule has 10 heteroatoms. The third-order valence-electron chi connectivity index (χ3n) is 6.48. The third kappa shape index (κ3) is 4.42. The summed E-state index contributed by atoms with van der Waals surface area (Å²) in [5, 5.41) is 16.0. The monoisotopic (exact) mass is 467 g/mol. The Balaban J connectivity index is 1.04. The molecule has 2 saturated heterocycles. The molecule has 2 aliphatic heterocycles. The van der Waals surface area contributed by atoms with Crippen molar-refractivity contribution in [2.75, 3.05) is 41.3 Å². The maximum absolute atomic E-state index is 12.7. The minimum atomic E-state index is -0.0956. The first-order chi connectivity index (χ1) is 17.2. The number of anilines is 3. The summed E-state index contributed by atoms with van der Waals surface area (Å²) in [6.07, 6.45) is 7.48. The maximum atomic E-state index is 12.7. The van der Waals surface area contributed by atoms with Crippen LogP contribution in [0.2, 0.25) is 0 Å². The van der Waals surface area contributed by atoms with Crippen molar-refractivity contribution < 1.29 is 4.79 Å². The number of hydrogen-bond acceptors (Lipinski definition) is 8. The molecule has 3 aromatic heterocycles. The van der Waals surface area contributed by atoms with Crippen molar-refractivity contribution in [1.29, 1.82) is 0 Å². The highest BCUT2D eigenvalue weighted by Crippen LogP contribution is 2.26. The van der Waals surface area contributed by atoms with Crippen LogP contribution in [0.15, 0.2) is 67.3 Å². The van der Waals surface area contributed by atoms with Gasteiger partial charge in [-0.15, -0.1) is 10.2 Å². The van der Waals surface area contributed by atoms with E-state index in [1.807, 2.05) is 54.7 Å². The van der Waals surface area contributed by atoms with Gasteiger partial charge in [0.15, 0.2) is 11.6 Å². The molecule has 35 heavy (non-hydrogen) atoms. The first-order valence-electron chi connectivity index (χ1n) is 11.8. The number of rotatable bonds is 6. The molecule has 1 amide bonds. The molecule has 2 aliphatic rings. The van der Waals surface area contributed by atoms with Crippen LogP contribution in [-0.4, -0.2) is 62.0 Å². The van der Waals surface area contributed by atoms with E-state index in [2.05, 4.69) is 40.4 Å². The minimum absolute atomic E-state index is 0.00473. The summed E-state index contributed by atoms with van der Waals surface area (Å²) >= 11 is 0. The summed E-state index contributed by atoms with van der Waals surface area (Å²) in [6.45, 7) is 3.32. The van der Waals surface area contributed by atoms with Gasteiger partial charge in [0.05, 0.1) is 11.6 Å². The maximum Gasteiger partial charge on any atom is 0.231 e. The second-order valence-electron chi connectivity index (χ2n) is 8.82. The van der Waals surface area contributed by atoms with Gasteiger partial charge in [-0.1, -0.05) is 12.1 Å². The second-order valence-corrected chi connectivity index (χ2v) is 8.82. The van der Waals surface area contributed by atoms with E-state index < -0.39 is 0 Å². The second kappa shape index (κ2) is 9.13. The topological polar surface area (TPSA) is 105 Å². The Morgan fingerprint density at radius 1 is 0.886 bits per heavy atom. The van der Waals surface area contributed by atoms with E-state index in [1.165, 1.54) is 19.2 Å². The van der Waals surface area contributed by atoms with Crippen molar-refractivity contribution in [2.24, 2.45) is 5.92 Å².